The van der Waals surface area contributed by atoms with E-state index in [0.717, 1.165) is 0 Å². The van der Waals surface area contributed by atoms with Crippen LogP contribution in [0.4, 0.5) is 4.39 Å². The van der Waals surface area contributed by atoms with E-state index in [2.05, 4.69) is 0 Å². The number of nitrogens with zero attached hydrogens (tertiary/aromatic N) is 2. The van der Waals surface area contributed by atoms with E-state index < -0.39 is 10.0 Å². The van der Waals surface area contributed by atoms with Crippen molar-refractivity contribution < 1.29 is 22.3 Å². The van der Waals surface area contributed by atoms with Gasteiger partial charge in [-0.25, -0.2) is 12.8 Å². The van der Waals surface area contributed by atoms with Crippen LogP contribution in [0.2, 0.25) is 0 Å². The molecule has 1 saturated heterocycles. The smallest absolute Gasteiger partial charge is 0.243 e. The first kappa shape index (κ1) is 22.2. The second-order valence-electron chi connectivity index (χ2n) is 7.43. The van der Waals surface area contributed by atoms with Gasteiger partial charge in [-0.15, -0.1) is 0 Å². The number of hydrogen-bond acceptors (Lipinski definition) is 4. The Labute approximate surface area is 177 Å². The van der Waals surface area contributed by atoms with E-state index in [1.807, 2.05) is 0 Å². The first-order valence-corrected chi connectivity index (χ1v) is 11.5. The quantitative estimate of drug-likeness (QED) is 0.599. The Hall–Kier alpha value is -2.45. The minimum Gasteiger partial charge on any atom is -0.494 e. The Morgan fingerprint density at radius 1 is 1.17 bits per heavy atom. The van der Waals surface area contributed by atoms with Gasteiger partial charge in [0.1, 0.15) is 11.6 Å². The third-order valence-corrected chi connectivity index (χ3v) is 7.09. The molecule has 30 heavy (non-hydrogen) atoms. The Bertz CT molecular complexity index is 935. The zero-order chi connectivity index (χ0) is 21.6. The molecule has 1 aliphatic rings. The molecule has 1 heterocycles. The number of halogens is 1. The highest BCUT2D eigenvalue weighted by molar-refractivity contribution is 7.89. The molecule has 1 amide bonds. The highest BCUT2D eigenvalue weighted by Gasteiger charge is 2.34. The lowest BCUT2D eigenvalue weighted by atomic mass is 9.98. The molecule has 1 atom stereocenters. The monoisotopic (exact) mass is 434 g/mol. The van der Waals surface area contributed by atoms with Gasteiger partial charge in [0, 0.05) is 26.7 Å². The van der Waals surface area contributed by atoms with Gasteiger partial charge in [-0.1, -0.05) is 18.2 Å². The maximum Gasteiger partial charge on any atom is 0.243 e. The molecule has 0 saturated carbocycles. The lowest BCUT2D eigenvalue weighted by Crippen LogP contribution is -2.46. The summed E-state index contributed by atoms with van der Waals surface area (Å²) < 4.78 is 45.6. The van der Waals surface area contributed by atoms with Gasteiger partial charge in [-0.2, -0.15) is 4.31 Å². The number of ether oxygens (including phenoxy) is 1. The number of carbonyl (C=O) groups excluding carboxylic acids is 1. The van der Waals surface area contributed by atoms with Crippen molar-refractivity contribution in [2.24, 2.45) is 5.92 Å². The van der Waals surface area contributed by atoms with Crippen LogP contribution in [-0.4, -0.2) is 56.8 Å². The molecule has 0 aromatic heterocycles. The average molecular weight is 435 g/mol. The maximum atomic E-state index is 12.9. The van der Waals surface area contributed by atoms with Crippen molar-refractivity contribution in [2.45, 2.75) is 24.2 Å². The van der Waals surface area contributed by atoms with Crippen molar-refractivity contribution in [1.82, 2.24) is 9.21 Å². The minimum atomic E-state index is -3.59. The third-order valence-electron chi connectivity index (χ3n) is 5.21. The molecule has 0 radical (unpaired) electrons. The lowest BCUT2D eigenvalue weighted by molar-refractivity contribution is -0.135. The molecule has 2 aromatic rings. The molecule has 8 heteroatoms. The van der Waals surface area contributed by atoms with Gasteiger partial charge in [-0.05, 0) is 55.7 Å². The zero-order valence-corrected chi connectivity index (χ0v) is 17.9. The summed E-state index contributed by atoms with van der Waals surface area (Å²) in [5.41, 5.74) is 0. The molecule has 6 nitrogen and oxygen atoms in total. The summed E-state index contributed by atoms with van der Waals surface area (Å²) in [6, 6.07) is 14.1. The van der Waals surface area contributed by atoms with Crippen molar-refractivity contribution in [3.63, 3.8) is 0 Å². The summed E-state index contributed by atoms with van der Waals surface area (Å²) in [6.45, 7) is 1.53. The summed E-state index contributed by atoms with van der Waals surface area (Å²) in [4.78, 5) is 14.7. The number of rotatable bonds is 8. The Morgan fingerprint density at radius 2 is 1.87 bits per heavy atom. The zero-order valence-electron chi connectivity index (χ0n) is 17.0. The summed E-state index contributed by atoms with van der Waals surface area (Å²) in [5, 5.41) is 0. The molecule has 0 aliphatic carbocycles. The average Bonchev–Trinajstić information content (AvgIpc) is 2.78. The predicted octanol–water partition coefficient (Wildman–Crippen LogP) is 3.15. The Balaban J connectivity index is 1.50. The maximum absolute atomic E-state index is 12.9. The van der Waals surface area contributed by atoms with Crippen LogP contribution in [0.25, 0.3) is 0 Å². The second-order valence-corrected chi connectivity index (χ2v) is 9.37. The summed E-state index contributed by atoms with van der Waals surface area (Å²) >= 11 is 0. The van der Waals surface area contributed by atoms with E-state index in [1.54, 1.807) is 54.4 Å². The number of amides is 1. The largest absolute Gasteiger partial charge is 0.494 e. The fourth-order valence-electron chi connectivity index (χ4n) is 3.55. The molecule has 0 N–H and O–H groups in total. The Morgan fingerprint density at radius 3 is 2.57 bits per heavy atom. The number of carbonyl (C=O) groups is 1. The van der Waals surface area contributed by atoms with Crippen LogP contribution in [0.15, 0.2) is 59.5 Å². The number of benzene rings is 2. The molecule has 1 fully saturated rings. The number of piperidine rings is 1. The molecule has 3 rings (SSSR count). The van der Waals surface area contributed by atoms with Crippen molar-refractivity contribution in [3.8, 4) is 5.75 Å². The number of sulfonamides is 1. The molecular formula is C22H27FN2O4S. The molecule has 1 aliphatic heterocycles. The van der Waals surface area contributed by atoms with E-state index in [4.69, 9.17) is 4.74 Å². The van der Waals surface area contributed by atoms with Gasteiger partial charge in [0.15, 0.2) is 0 Å². The molecule has 162 valence electrons. The van der Waals surface area contributed by atoms with Crippen LogP contribution in [-0.2, 0) is 14.8 Å². The Kier molecular flexibility index (Phi) is 7.44. The van der Waals surface area contributed by atoms with Gasteiger partial charge in [0.05, 0.1) is 17.4 Å². The van der Waals surface area contributed by atoms with E-state index in [0.29, 0.717) is 44.7 Å². The molecule has 2 aromatic carbocycles. The van der Waals surface area contributed by atoms with E-state index >= 15 is 0 Å². The van der Waals surface area contributed by atoms with Gasteiger partial charge in [0.2, 0.25) is 15.9 Å². The van der Waals surface area contributed by atoms with E-state index in [-0.39, 0.29) is 29.1 Å². The topological polar surface area (TPSA) is 66.9 Å². The van der Waals surface area contributed by atoms with Gasteiger partial charge >= 0.3 is 0 Å². The molecule has 1 unspecified atom stereocenters. The summed E-state index contributed by atoms with van der Waals surface area (Å²) in [6.07, 6.45) is 1.96. The first-order valence-electron chi connectivity index (χ1n) is 10.1. The summed E-state index contributed by atoms with van der Waals surface area (Å²) in [5.74, 6) is -0.132. The highest BCUT2D eigenvalue weighted by atomic mass is 32.2. The van der Waals surface area contributed by atoms with Crippen LogP contribution >= 0.6 is 0 Å². The summed E-state index contributed by atoms with van der Waals surface area (Å²) in [7, 11) is -1.87. The first-order chi connectivity index (χ1) is 14.4. The van der Waals surface area contributed by atoms with Crippen LogP contribution in [0.1, 0.15) is 19.3 Å². The molecular weight excluding hydrogens is 407 g/mol. The predicted molar refractivity (Wildman–Crippen MR) is 112 cm³/mol. The van der Waals surface area contributed by atoms with E-state index in [1.165, 1.54) is 16.4 Å². The van der Waals surface area contributed by atoms with Gasteiger partial charge in [0.25, 0.3) is 0 Å². The molecule has 0 bridgehead atoms. The third kappa shape index (κ3) is 5.58. The van der Waals surface area contributed by atoms with E-state index in [9.17, 15) is 17.6 Å². The second kappa shape index (κ2) is 10.0. The lowest BCUT2D eigenvalue weighted by Gasteiger charge is -2.33. The SMILES string of the molecule is CN(CCCOc1ccc(F)cc1)C(=O)C1CCCN(S(=O)(=O)c2ccccc2)C1. The van der Waals surface area contributed by atoms with Gasteiger partial charge < -0.3 is 9.64 Å². The van der Waals surface area contributed by atoms with Crippen LogP contribution in [0.3, 0.4) is 0 Å². The van der Waals surface area contributed by atoms with Gasteiger partial charge in [-0.3, -0.25) is 4.79 Å². The standard InChI is InChI=1S/C22H27FN2O4S/c1-24(14-6-16-29-20-12-10-19(23)11-13-20)22(26)18-7-5-15-25(17-18)30(27,28)21-8-3-2-4-9-21/h2-4,8-13,18H,5-7,14-17H2,1H3. The van der Waals surface area contributed by atoms with Crippen molar-refractivity contribution in [1.29, 1.82) is 0 Å². The van der Waals surface area contributed by atoms with Crippen molar-refractivity contribution >= 4 is 15.9 Å². The minimum absolute atomic E-state index is 0.0512. The fraction of sp³-hybridized carbons (Fsp3) is 0.409. The van der Waals surface area contributed by atoms with Crippen LogP contribution in [0.5, 0.6) is 5.75 Å². The number of hydrogen-bond donors (Lipinski definition) is 0. The highest BCUT2D eigenvalue weighted by Crippen LogP contribution is 2.24. The van der Waals surface area contributed by atoms with Crippen molar-refractivity contribution in [3.05, 3.63) is 60.4 Å². The normalized spacial score (nSPS) is 17.5. The van der Waals surface area contributed by atoms with Crippen LogP contribution in [0, 0.1) is 11.7 Å². The molecule has 0 spiro atoms. The van der Waals surface area contributed by atoms with Crippen molar-refractivity contribution in [2.75, 3.05) is 33.3 Å². The fourth-order valence-corrected chi connectivity index (χ4v) is 5.09. The van der Waals surface area contributed by atoms with Crippen LogP contribution < -0.4 is 4.74 Å².